The molecule has 0 saturated carbocycles. The Morgan fingerprint density at radius 2 is 1.74 bits per heavy atom. The highest BCUT2D eigenvalue weighted by Gasteiger charge is 2.27. The number of halogens is 1. The molecule has 0 bridgehead atoms. The predicted octanol–water partition coefficient (Wildman–Crippen LogP) is 0.765. The van der Waals surface area contributed by atoms with Gasteiger partial charge in [-0.05, 0) is 24.3 Å². The van der Waals surface area contributed by atoms with Gasteiger partial charge in [-0.3, -0.25) is 4.90 Å². The highest BCUT2D eigenvalue weighted by molar-refractivity contribution is 7.89. The van der Waals surface area contributed by atoms with Crippen molar-refractivity contribution in [2.24, 2.45) is 0 Å². The Morgan fingerprint density at radius 1 is 1.16 bits per heavy atom. The molecule has 19 heavy (non-hydrogen) atoms. The molecule has 102 valence electrons. The van der Waals surface area contributed by atoms with E-state index in [0.717, 1.165) is 12.1 Å². The molecule has 0 aromatic heterocycles. The zero-order chi connectivity index (χ0) is 13.9. The molecule has 1 fully saturated rings. The van der Waals surface area contributed by atoms with Crippen LogP contribution in [0.2, 0.25) is 0 Å². The molecule has 0 atom stereocenters. The molecule has 0 amide bonds. The largest absolute Gasteiger partial charge is 0.290 e. The summed E-state index contributed by atoms with van der Waals surface area (Å²) in [6.45, 7) is 2.57. The highest BCUT2D eigenvalue weighted by atomic mass is 32.2. The first-order valence-electron chi connectivity index (χ1n) is 5.95. The number of nitrogens with zero attached hydrogens (tertiary/aromatic N) is 2. The van der Waals surface area contributed by atoms with Crippen LogP contribution in [0.1, 0.15) is 0 Å². The molecule has 1 aromatic carbocycles. The molecule has 1 saturated heterocycles. The number of rotatable bonds is 3. The zero-order valence-electron chi connectivity index (χ0n) is 10.4. The van der Waals surface area contributed by atoms with E-state index in [1.54, 1.807) is 0 Å². The third kappa shape index (κ3) is 3.13. The Morgan fingerprint density at radius 3 is 2.26 bits per heavy atom. The monoisotopic (exact) mass is 282 g/mol. The zero-order valence-corrected chi connectivity index (χ0v) is 11.2. The van der Waals surface area contributed by atoms with Gasteiger partial charge < -0.3 is 0 Å². The minimum Gasteiger partial charge on any atom is -0.290 e. The first-order valence-corrected chi connectivity index (χ1v) is 7.39. The van der Waals surface area contributed by atoms with Crippen molar-refractivity contribution in [3.8, 4) is 12.3 Å². The number of piperazine rings is 1. The molecule has 0 spiro atoms. The smallest absolute Gasteiger partial charge is 0.243 e. The number of sulfonamides is 1. The Bertz CT molecular complexity index is 570. The molecule has 1 heterocycles. The summed E-state index contributed by atoms with van der Waals surface area (Å²) in [5, 5.41) is 0. The van der Waals surface area contributed by atoms with E-state index in [-0.39, 0.29) is 4.90 Å². The van der Waals surface area contributed by atoms with Crippen molar-refractivity contribution < 1.29 is 12.8 Å². The van der Waals surface area contributed by atoms with Gasteiger partial charge >= 0.3 is 0 Å². The molecule has 4 nitrogen and oxygen atoms in total. The highest BCUT2D eigenvalue weighted by Crippen LogP contribution is 2.17. The molecule has 0 radical (unpaired) electrons. The van der Waals surface area contributed by atoms with E-state index in [9.17, 15) is 12.8 Å². The fourth-order valence-corrected chi connectivity index (χ4v) is 3.43. The second-order valence-electron chi connectivity index (χ2n) is 4.34. The van der Waals surface area contributed by atoms with Crippen molar-refractivity contribution in [2.45, 2.75) is 4.90 Å². The van der Waals surface area contributed by atoms with Crippen molar-refractivity contribution >= 4 is 10.0 Å². The minimum absolute atomic E-state index is 0.124. The standard InChI is InChI=1S/C13H15FN2O2S/c1-2-7-15-8-10-16(11-9-15)19(17,18)13-5-3-12(14)4-6-13/h1,3-6H,7-11H2. The summed E-state index contributed by atoms with van der Waals surface area (Å²) in [6.07, 6.45) is 5.23. The average molecular weight is 282 g/mol. The first-order chi connectivity index (χ1) is 9.04. The summed E-state index contributed by atoms with van der Waals surface area (Å²) in [4.78, 5) is 2.15. The molecular weight excluding hydrogens is 267 g/mol. The van der Waals surface area contributed by atoms with E-state index < -0.39 is 15.8 Å². The Kier molecular flexibility index (Phi) is 4.20. The number of terminal acetylenes is 1. The van der Waals surface area contributed by atoms with Gasteiger partial charge in [-0.15, -0.1) is 6.42 Å². The van der Waals surface area contributed by atoms with Gasteiger partial charge in [0, 0.05) is 26.2 Å². The van der Waals surface area contributed by atoms with Gasteiger partial charge in [0.1, 0.15) is 5.82 Å². The van der Waals surface area contributed by atoms with Crippen LogP contribution in [0.15, 0.2) is 29.2 Å². The van der Waals surface area contributed by atoms with Crippen molar-refractivity contribution in [1.82, 2.24) is 9.21 Å². The van der Waals surface area contributed by atoms with E-state index in [1.807, 2.05) is 4.90 Å². The maximum atomic E-state index is 12.8. The van der Waals surface area contributed by atoms with Gasteiger partial charge in [0.15, 0.2) is 0 Å². The molecule has 2 rings (SSSR count). The second kappa shape index (κ2) is 5.70. The van der Waals surface area contributed by atoms with Crippen LogP contribution in [0.5, 0.6) is 0 Å². The lowest BCUT2D eigenvalue weighted by Crippen LogP contribution is -2.48. The minimum atomic E-state index is -3.53. The Hall–Kier alpha value is -1.42. The van der Waals surface area contributed by atoms with Gasteiger partial charge in [-0.1, -0.05) is 5.92 Å². The summed E-state index contributed by atoms with van der Waals surface area (Å²) < 4.78 is 38.8. The quantitative estimate of drug-likeness (QED) is 0.769. The van der Waals surface area contributed by atoms with Gasteiger partial charge in [0.2, 0.25) is 10.0 Å². The van der Waals surface area contributed by atoms with Gasteiger partial charge in [0.05, 0.1) is 11.4 Å². The van der Waals surface area contributed by atoms with Crippen LogP contribution in [0, 0.1) is 18.2 Å². The molecule has 1 aliphatic heterocycles. The maximum absolute atomic E-state index is 12.8. The lowest BCUT2D eigenvalue weighted by atomic mass is 10.3. The van der Waals surface area contributed by atoms with Crippen LogP contribution in [-0.2, 0) is 10.0 Å². The van der Waals surface area contributed by atoms with Crippen molar-refractivity contribution in [2.75, 3.05) is 32.7 Å². The van der Waals surface area contributed by atoms with Crippen molar-refractivity contribution in [3.63, 3.8) is 0 Å². The lowest BCUT2D eigenvalue weighted by molar-refractivity contribution is 0.207. The first kappa shape index (κ1) is 14.0. The van der Waals surface area contributed by atoms with E-state index in [0.29, 0.717) is 32.7 Å². The molecule has 0 aliphatic carbocycles. The summed E-state index contributed by atoms with van der Waals surface area (Å²) in [5.41, 5.74) is 0. The molecule has 1 aromatic rings. The van der Waals surface area contributed by atoms with Gasteiger partial charge in [-0.25, -0.2) is 12.8 Å². The Labute approximate surface area is 112 Å². The van der Waals surface area contributed by atoms with Crippen LogP contribution in [0.25, 0.3) is 0 Å². The third-order valence-corrected chi connectivity index (χ3v) is 5.01. The normalized spacial score (nSPS) is 18.1. The van der Waals surface area contributed by atoms with Gasteiger partial charge in [-0.2, -0.15) is 4.31 Å². The molecule has 6 heteroatoms. The van der Waals surface area contributed by atoms with E-state index in [1.165, 1.54) is 16.4 Å². The van der Waals surface area contributed by atoms with Crippen LogP contribution >= 0.6 is 0 Å². The summed E-state index contributed by atoms with van der Waals surface area (Å²) in [6, 6.07) is 4.89. The van der Waals surface area contributed by atoms with Crippen molar-refractivity contribution in [3.05, 3.63) is 30.1 Å². The summed E-state index contributed by atoms with van der Waals surface area (Å²) in [5.74, 6) is 2.10. The van der Waals surface area contributed by atoms with Crippen LogP contribution in [-0.4, -0.2) is 50.3 Å². The molecule has 0 unspecified atom stereocenters. The number of hydrogen-bond donors (Lipinski definition) is 0. The predicted molar refractivity (Wildman–Crippen MR) is 70.4 cm³/mol. The van der Waals surface area contributed by atoms with E-state index >= 15 is 0 Å². The fourth-order valence-electron chi connectivity index (χ4n) is 2.01. The van der Waals surface area contributed by atoms with Crippen molar-refractivity contribution in [1.29, 1.82) is 0 Å². The average Bonchev–Trinajstić information content (AvgIpc) is 2.40. The number of hydrogen-bond acceptors (Lipinski definition) is 3. The SMILES string of the molecule is C#CCN1CCN(S(=O)(=O)c2ccc(F)cc2)CC1. The topological polar surface area (TPSA) is 40.6 Å². The lowest BCUT2D eigenvalue weighted by Gasteiger charge is -2.32. The molecule has 0 N–H and O–H groups in total. The third-order valence-electron chi connectivity index (χ3n) is 3.10. The van der Waals surface area contributed by atoms with Crippen LogP contribution in [0.4, 0.5) is 4.39 Å². The maximum Gasteiger partial charge on any atom is 0.243 e. The van der Waals surface area contributed by atoms with Crippen LogP contribution < -0.4 is 0 Å². The van der Waals surface area contributed by atoms with E-state index in [2.05, 4.69) is 5.92 Å². The number of benzene rings is 1. The van der Waals surface area contributed by atoms with E-state index in [4.69, 9.17) is 6.42 Å². The summed E-state index contributed by atoms with van der Waals surface area (Å²) in [7, 11) is -3.53. The molecule has 1 aliphatic rings. The fraction of sp³-hybridized carbons (Fsp3) is 0.385. The Balaban J connectivity index is 2.10. The summed E-state index contributed by atoms with van der Waals surface area (Å²) >= 11 is 0. The second-order valence-corrected chi connectivity index (χ2v) is 6.28. The molecular formula is C13H15FN2O2S. The van der Waals surface area contributed by atoms with Gasteiger partial charge in [0.25, 0.3) is 0 Å². The van der Waals surface area contributed by atoms with Crippen LogP contribution in [0.3, 0.4) is 0 Å².